The van der Waals surface area contributed by atoms with Crippen LogP contribution in [0.3, 0.4) is 0 Å². The van der Waals surface area contributed by atoms with Crippen LogP contribution < -0.4 is 26.0 Å². The van der Waals surface area contributed by atoms with Crippen LogP contribution in [-0.4, -0.2) is 172 Å². The van der Waals surface area contributed by atoms with Gasteiger partial charge in [0.1, 0.15) is 68.0 Å². The van der Waals surface area contributed by atoms with E-state index in [1.807, 2.05) is 226 Å². The summed E-state index contributed by atoms with van der Waals surface area (Å²) in [4.78, 5) is 54.1. The highest BCUT2D eigenvalue weighted by atomic mass is 79.9. The van der Waals surface area contributed by atoms with Crippen molar-refractivity contribution in [1.82, 2.24) is 113 Å². The number of hydrogen-bond acceptors (Lipinski definition) is 21. The first-order chi connectivity index (χ1) is 70.1. The lowest BCUT2D eigenvalue weighted by atomic mass is 10.1. The predicted molar refractivity (Wildman–Crippen MR) is 555 cm³/mol. The third-order valence-electron chi connectivity index (χ3n) is 22.7. The van der Waals surface area contributed by atoms with Crippen LogP contribution in [0.5, 0.6) is 34.5 Å². The number of aromatic nitrogens is 18. The van der Waals surface area contributed by atoms with Crippen molar-refractivity contribution in [3.63, 3.8) is 0 Å². The van der Waals surface area contributed by atoms with E-state index in [9.17, 15) is 44.7 Å². The molecule has 11 aromatic heterocycles. The van der Waals surface area contributed by atoms with Crippen molar-refractivity contribution in [2.75, 3.05) is 7.11 Å². The summed E-state index contributed by atoms with van der Waals surface area (Å²) in [5, 5.41) is 120. The fourth-order valence-corrected chi connectivity index (χ4v) is 15.5. The van der Waals surface area contributed by atoms with Crippen molar-refractivity contribution < 1.29 is 53.9 Å². The van der Waals surface area contributed by atoms with Crippen LogP contribution in [0.4, 0.5) is 0 Å². The van der Waals surface area contributed by atoms with Crippen molar-refractivity contribution in [2.45, 2.75) is 89.4 Å². The second-order valence-corrected chi connectivity index (χ2v) is 36.1. The Kier molecular flexibility index (Phi) is 31.5. The molecule has 33 nitrogen and oxygen atoms in total. The third-order valence-corrected chi connectivity index (χ3v) is 24.2. The van der Waals surface area contributed by atoms with Gasteiger partial charge < -0.3 is 60.9 Å². The molecule has 726 valence electrons. The topological polar surface area (TPSA) is 498 Å². The normalized spacial score (nSPS) is 12.5. The van der Waals surface area contributed by atoms with Crippen molar-refractivity contribution in [1.29, 1.82) is 0 Å². The molecule has 0 saturated heterocycles. The fourth-order valence-electron chi connectivity index (χ4n) is 14.4. The van der Waals surface area contributed by atoms with Crippen molar-refractivity contribution in [3.8, 4) is 169 Å². The van der Waals surface area contributed by atoms with E-state index in [1.165, 1.54) is 24.5 Å². The van der Waals surface area contributed by atoms with E-state index in [4.69, 9.17) is 20.8 Å². The Balaban J connectivity index is 0.000000113. The predicted octanol–water partition coefficient (Wildman–Crippen LogP) is 21.8. The zero-order valence-corrected chi connectivity index (χ0v) is 80.9. The number of H-pyrrole nitrogens is 9. The van der Waals surface area contributed by atoms with E-state index in [0.717, 1.165) is 179 Å². The molecule has 0 spiro atoms. The van der Waals surface area contributed by atoms with Gasteiger partial charge in [-0.15, -0.1) is 11.3 Å². The molecule has 36 heteroatoms. The van der Waals surface area contributed by atoms with Crippen LogP contribution in [-0.2, 0) is 0 Å². The summed E-state index contributed by atoms with van der Waals surface area (Å²) in [6, 6.07) is 91.0. The average Bonchev–Trinajstić information content (AvgIpc) is 1.68. The molecule has 4 fully saturated rings. The second kappa shape index (κ2) is 46.4. The Labute approximate surface area is 842 Å². The lowest BCUT2D eigenvalue weighted by molar-refractivity contribution is 0.0937. The van der Waals surface area contributed by atoms with Gasteiger partial charge in [0.05, 0.1) is 69.7 Å². The van der Waals surface area contributed by atoms with Gasteiger partial charge in [-0.2, -0.15) is 40.8 Å². The number of aromatic hydroxyl groups is 5. The number of ether oxygens (including phenoxy) is 1. The molecule has 0 radical (unpaired) electrons. The number of phenolic OH excluding ortho intramolecular Hbond substituents is 5. The molecule has 4 amide bonds. The van der Waals surface area contributed by atoms with Crippen LogP contribution in [0.25, 0.3) is 135 Å². The standard InChI is InChI=1S/C16H14N2O.C15H11BrN2O.C15H11ClN2O.C15H12N2O.C14H15N3O3.C12H13N3O2.C11H12N4O.C10H10N4OS/c1-11-7-8-16(19)13(9-11)15-10-14(17-18-15)12-5-3-2-4-6-12;2*16-11-6-7-15(19)12(8-11)14-9-13(17-18-14)10-4-2-1-3-5-10;18-15-9-5-4-8-12(15)14-10-13(16-17-14)11-6-2-1-3-7-11;1-20-9-4-5-10(13(18)6-9)11-7-12(17-16-11)14(19)15-8-2-3-8;1-7-2-5-11(17-7)9-6-10(15-14-9)12(16)13-8-3-4-8;16-11(13-7-3-4-7)10-6-9(14-15-10)8-2-1-5-12-8;15-9(12-6-1-2-6)7-5-8(14-13-7)10-11-3-4-16-10/h2-10,19H,1H3,(H,17,18);2*1-9,19H,(H,17,18);1-10,18H,(H,16,17);4-8,18H,2-3H2,1H3,(H,15,19)(H,16,17);2,5-6,8H,3-4H2,1H3,(H,13,16)(H,14,15);1-2,5-7,12H,3-4H2,(H,13,16)(H,14,15);3-6H,1-2H2,(H,12,15)(H,13,14). The number of aryl methyl sites for hydroxylation is 2. The maximum atomic E-state index is 11.9. The van der Waals surface area contributed by atoms with Crippen LogP contribution in [0.1, 0.15) is 105 Å². The first kappa shape index (κ1) is 97.9. The quantitative estimate of drug-likeness (QED) is 0.0318. The number of rotatable bonds is 21. The largest absolute Gasteiger partial charge is 0.507 e. The van der Waals surface area contributed by atoms with Gasteiger partial charge in [0.25, 0.3) is 23.6 Å². The van der Waals surface area contributed by atoms with Crippen molar-refractivity contribution in [2.24, 2.45) is 0 Å². The lowest BCUT2D eigenvalue weighted by Crippen LogP contribution is -2.25. The van der Waals surface area contributed by atoms with E-state index in [0.29, 0.717) is 80.3 Å². The molecule has 0 atom stereocenters. The van der Waals surface area contributed by atoms with Crippen LogP contribution in [0, 0.1) is 13.8 Å². The number of carbonyl (C=O) groups is 4. The van der Waals surface area contributed by atoms with Crippen molar-refractivity contribution in [3.05, 3.63) is 353 Å². The van der Waals surface area contributed by atoms with Gasteiger partial charge in [0.15, 0.2) is 17.1 Å². The van der Waals surface area contributed by atoms with Gasteiger partial charge in [-0.3, -0.25) is 60.0 Å². The first-order valence-corrected chi connectivity index (χ1v) is 48.1. The Bertz CT molecular complexity index is 7280. The summed E-state index contributed by atoms with van der Waals surface area (Å²) in [6.07, 6.45) is 12.1. The molecule has 18 N–H and O–H groups in total. The highest BCUT2D eigenvalue weighted by Crippen LogP contribution is 2.39. The number of phenols is 5. The molecule has 9 aromatic carbocycles. The zero-order chi connectivity index (χ0) is 100.0. The van der Waals surface area contributed by atoms with Gasteiger partial charge in [-0.05, 0) is 205 Å². The number of carbonyl (C=O) groups excluding carboxylic acids is 4. The number of nitrogens with zero attached hydrogens (tertiary/aromatic N) is 9. The van der Waals surface area contributed by atoms with Crippen LogP contribution >= 0.6 is 38.9 Å². The monoisotopic (exact) mass is 2020 g/mol. The molecule has 0 unspecified atom stereocenters. The number of aromatic amines is 9. The summed E-state index contributed by atoms with van der Waals surface area (Å²) in [5.74, 6) is 2.58. The minimum Gasteiger partial charge on any atom is -0.507 e. The fraction of sp³-hybridized carbons (Fsp3) is 0.139. The molecular formula is C108H98BrClN22O11S. The molecular weight excluding hydrogens is 1930 g/mol. The second-order valence-electron chi connectivity index (χ2n) is 33.9. The van der Waals surface area contributed by atoms with Crippen LogP contribution in [0.15, 0.2) is 318 Å². The molecule has 4 aliphatic carbocycles. The van der Waals surface area contributed by atoms with Crippen molar-refractivity contribution >= 4 is 62.5 Å². The first-order valence-electron chi connectivity index (χ1n) is 46.0. The molecule has 4 saturated carbocycles. The number of amides is 4. The molecule has 0 aliphatic heterocycles. The van der Waals surface area contributed by atoms with E-state index in [2.05, 4.69) is 129 Å². The Morgan fingerprint density at radius 3 is 1.25 bits per heavy atom. The number of methoxy groups -OCH3 is 1. The number of benzene rings is 9. The van der Waals surface area contributed by atoms with E-state index in [-0.39, 0.29) is 52.4 Å². The SMILES string of the molecule is COc1ccc(-c2cc(C(=O)NC3CC3)[nH]n2)c(O)c1.Cc1ccc(-c2cc(C(=O)NC3CC3)n[nH]2)o1.Cc1ccc(O)c(-c2cc(-c3ccccc3)n[nH]2)c1.O=C(NC1CC1)c1cc(-c2ccc[nH]2)n[nH]1.O=C(NC1CC1)c1cc(-c2nccs2)[nH]n1.Oc1ccc(Br)cc1-c1cc(-c2ccccc2)n[nH]1.Oc1ccc(Cl)cc1-c1cc(-c2ccccc2)n[nH]1.Oc1ccccc1-c1cc(-c2ccccc2)n[nH]1. The summed E-state index contributed by atoms with van der Waals surface area (Å²) in [7, 11) is 1.53. The minimum absolute atomic E-state index is 0.0602. The summed E-state index contributed by atoms with van der Waals surface area (Å²) < 4.78 is 11.4. The minimum atomic E-state index is -0.167. The third kappa shape index (κ3) is 26.6. The molecule has 144 heavy (non-hydrogen) atoms. The lowest BCUT2D eigenvalue weighted by Gasteiger charge is -2.04. The number of furan rings is 1. The van der Waals surface area contributed by atoms with Gasteiger partial charge in [0.2, 0.25) is 0 Å². The molecule has 0 bridgehead atoms. The maximum absolute atomic E-state index is 11.9. The summed E-state index contributed by atoms with van der Waals surface area (Å²) in [5.41, 5.74) is 20.7. The summed E-state index contributed by atoms with van der Waals surface area (Å²) >= 11 is 10.9. The van der Waals surface area contributed by atoms with E-state index < -0.39 is 0 Å². The highest BCUT2D eigenvalue weighted by Gasteiger charge is 2.29. The summed E-state index contributed by atoms with van der Waals surface area (Å²) in [6.45, 7) is 3.87. The Hall–Kier alpha value is -17.7. The number of thiazole rings is 1. The molecule has 24 rings (SSSR count). The average molecular weight is 2030 g/mol. The molecule has 20 aromatic rings. The zero-order valence-electron chi connectivity index (χ0n) is 77.8. The van der Waals surface area contributed by atoms with Gasteiger partial charge >= 0.3 is 0 Å². The Morgan fingerprint density at radius 2 is 0.792 bits per heavy atom. The van der Waals surface area contributed by atoms with Crippen LogP contribution in [0.2, 0.25) is 5.02 Å². The van der Waals surface area contributed by atoms with Gasteiger partial charge in [0, 0.05) is 114 Å². The van der Waals surface area contributed by atoms with E-state index in [1.54, 1.807) is 91.1 Å². The number of para-hydroxylation sites is 1. The number of hydrogen-bond donors (Lipinski definition) is 18. The van der Waals surface area contributed by atoms with E-state index >= 15 is 0 Å². The smallest absolute Gasteiger partial charge is 0.272 e. The van der Waals surface area contributed by atoms with Gasteiger partial charge in [-0.1, -0.05) is 173 Å². The number of halogens is 2. The maximum Gasteiger partial charge on any atom is 0.272 e. The highest BCUT2D eigenvalue weighted by molar-refractivity contribution is 9.10. The number of nitrogens with one attached hydrogen (secondary N) is 13. The molecule has 11 heterocycles. The molecule has 4 aliphatic rings. The Morgan fingerprint density at radius 1 is 0.368 bits per heavy atom. The van der Waals surface area contributed by atoms with Gasteiger partial charge in [-0.25, -0.2) is 4.98 Å².